The second-order valence-corrected chi connectivity index (χ2v) is 6.03. The van der Waals surface area contributed by atoms with Crippen LogP contribution in [-0.4, -0.2) is 23.8 Å². The number of carbonyl (C=O) groups excluding carboxylic acids is 3. The number of ketones is 1. The van der Waals surface area contributed by atoms with Crippen molar-refractivity contribution in [3.63, 3.8) is 0 Å². The molecular formula is C18H17NO4S. The molecule has 0 aliphatic carbocycles. The summed E-state index contributed by atoms with van der Waals surface area (Å²) in [5.74, 6) is -1.15. The molecule has 0 fully saturated rings. The Kier molecular flexibility index (Phi) is 6.03. The smallest absolute Gasteiger partial charge is 0.331 e. The number of benzene rings is 1. The van der Waals surface area contributed by atoms with Crippen LogP contribution in [-0.2, 0) is 14.3 Å². The number of carbonyl (C=O) groups is 3. The first kappa shape index (κ1) is 17.6. The molecule has 1 N–H and O–H groups in total. The van der Waals surface area contributed by atoms with Gasteiger partial charge < -0.3 is 10.1 Å². The Labute approximate surface area is 144 Å². The number of anilines is 1. The highest BCUT2D eigenvalue weighted by Crippen LogP contribution is 2.13. The molecular weight excluding hydrogens is 326 g/mol. The molecule has 1 aromatic heterocycles. The van der Waals surface area contributed by atoms with Gasteiger partial charge in [0.15, 0.2) is 11.9 Å². The molecule has 0 saturated carbocycles. The van der Waals surface area contributed by atoms with Gasteiger partial charge in [0.25, 0.3) is 5.91 Å². The molecule has 0 aliphatic rings. The van der Waals surface area contributed by atoms with Gasteiger partial charge in [-0.1, -0.05) is 18.2 Å². The van der Waals surface area contributed by atoms with Gasteiger partial charge >= 0.3 is 5.97 Å². The van der Waals surface area contributed by atoms with Crippen molar-refractivity contribution in [1.29, 1.82) is 0 Å². The van der Waals surface area contributed by atoms with E-state index < -0.39 is 18.0 Å². The third kappa shape index (κ3) is 5.17. The number of ether oxygens (including phenoxy) is 1. The lowest BCUT2D eigenvalue weighted by Gasteiger charge is -2.12. The maximum atomic E-state index is 12.1. The van der Waals surface area contributed by atoms with Gasteiger partial charge in [-0.3, -0.25) is 9.59 Å². The van der Waals surface area contributed by atoms with Crippen molar-refractivity contribution in [3.05, 3.63) is 58.3 Å². The summed E-state index contributed by atoms with van der Waals surface area (Å²) in [7, 11) is 0. The molecule has 24 heavy (non-hydrogen) atoms. The molecule has 2 aromatic rings. The maximum Gasteiger partial charge on any atom is 0.331 e. The van der Waals surface area contributed by atoms with Gasteiger partial charge in [-0.25, -0.2) is 4.79 Å². The SMILES string of the molecule is CC(=O)c1cccc(NC(=O)[C@H](C)OC(=O)/C=C/c2cccs2)c1. The van der Waals surface area contributed by atoms with Crippen molar-refractivity contribution in [2.45, 2.75) is 20.0 Å². The summed E-state index contributed by atoms with van der Waals surface area (Å²) in [6.45, 7) is 2.94. The number of thiophene rings is 1. The first-order valence-corrected chi connectivity index (χ1v) is 8.18. The van der Waals surface area contributed by atoms with E-state index >= 15 is 0 Å². The third-order valence-electron chi connectivity index (χ3n) is 3.13. The molecule has 0 radical (unpaired) electrons. The van der Waals surface area contributed by atoms with Crippen LogP contribution < -0.4 is 5.32 Å². The summed E-state index contributed by atoms with van der Waals surface area (Å²) in [5.41, 5.74) is 0.973. The van der Waals surface area contributed by atoms with Crippen LogP contribution in [0.15, 0.2) is 47.9 Å². The number of amides is 1. The minimum Gasteiger partial charge on any atom is -0.449 e. The lowest BCUT2D eigenvalue weighted by atomic mass is 10.1. The minimum absolute atomic E-state index is 0.0933. The minimum atomic E-state index is -0.952. The van der Waals surface area contributed by atoms with Gasteiger partial charge in [-0.05, 0) is 43.5 Å². The van der Waals surface area contributed by atoms with E-state index in [1.54, 1.807) is 30.3 Å². The number of rotatable bonds is 6. The average molecular weight is 343 g/mol. The summed E-state index contributed by atoms with van der Waals surface area (Å²) in [6.07, 6.45) is 1.96. The fraction of sp³-hybridized carbons (Fsp3) is 0.167. The molecule has 0 spiro atoms. The Bertz CT molecular complexity index is 765. The van der Waals surface area contributed by atoms with Crippen molar-refractivity contribution < 1.29 is 19.1 Å². The molecule has 1 aromatic carbocycles. The van der Waals surface area contributed by atoms with E-state index in [0.29, 0.717) is 11.3 Å². The summed E-state index contributed by atoms with van der Waals surface area (Å²) in [6, 6.07) is 10.3. The fourth-order valence-corrected chi connectivity index (χ4v) is 2.48. The van der Waals surface area contributed by atoms with Crippen LogP contribution in [0.3, 0.4) is 0 Å². The lowest BCUT2D eigenvalue weighted by molar-refractivity contribution is -0.148. The van der Waals surface area contributed by atoms with Crippen LogP contribution in [0.5, 0.6) is 0 Å². The van der Waals surface area contributed by atoms with E-state index in [0.717, 1.165) is 4.88 Å². The van der Waals surface area contributed by atoms with Crippen LogP contribution in [0.4, 0.5) is 5.69 Å². The Morgan fingerprint density at radius 1 is 1.21 bits per heavy atom. The highest BCUT2D eigenvalue weighted by atomic mass is 32.1. The van der Waals surface area contributed by atoms with Gasteiger partial charge in [0.05, 0.1) is 0 Å². The molecule has 0 unspecified atom stereocenters. The quantitative estimate of drug-likeness (QED) is 0.495. The largest absolute Gasteiger partial charge is 0.449 e. The molecule has 1 amide bonds. The molecule has 0 saturated heterocycles. The number of esters is 1. The number of nitrogens with one attached hydrogen (secondary N) is 1. The molecule has 2 rings (SSSR count). The van der Waals surface area contributed by atoms with Gasteiger partial charge in [0.2, 0.25) is 0 Å². The number of hydrogen-bond donors (Lipinski definition) is 1. The first-order chi connectivity index (χ1) is 11.5. The average Bonchev–Trinajstić information content (AvgIpc) is 3.06. The van der Waals surface area contributed by atoms with E-state index in [1.165, 1.54) is 31.3 Å². The zero-order valence-corrected chi connectivity index (χ0v) is 14.1. The molecule has 6 heteroatoms. The van der Waals surface area contributed by atoms with Crippen LogP contribution in [0.25, 0.3) is 6.08 Å². The normalized spacial score (nSPS) is 11.9. The Balaban J connectivity index is 1.91. The van der Waals surface area contributed by atoms with E-state index in [2.05, 4.69) is 5.32 Å². The van der Waals surface area contributed by atoms with Crippen LogP contribution >= 0.6 is 11.3 Å². The monoisotopic (exact) mass is 343 g/mol. The Morgan fingerprint density at radius 2 is 2.00 bits per heavy atom. The molecule has 5 nitrogen and oxygen atoms in total. The second kappa shape index (κ2) is 8.21. The van der Waals surface area contributed by atoms with E-state index in [1.807, 2.05) is 17.5 Å². The van der Waals surface area contributed by atoms with Gasteiger partial charge in [0, 0.05) is 22.2 Å². The van der Waals surface area contributed by atoms with Gasteiger partial charge in [-0.15, -0.1) is 11.3 Å². The predicted molar refractivity (Wildman–Crippen MR) is 94.0 cm³/mol. The van der Waals surface area contributed by atoms with Crippen LogP contribution in [0, 0.1) is 0 Å². The predicted octanol–water partition coefficient (Wildman–Crippen LogP) is 3.53. The van der Waals surface area contributed by atoms with E-state index in [4.69, 9.17) is 4.74 Å². The summed E-state index contributed by atoms with van der Waals surface area (Å²) >= 11 is 1.49. The third-order valence-corrected chi connectivity index (χ3v) is 3.96. The molecule has 1 atom stereocenters. The fourth-order valence-electron chi connectivity index (χ4n) is 1.86. The molecule has 0 bridgehead atoms. The zero-order valence-electron chi connectivity index (χ0n) is 13.3. The van der Waals surface area contributed by atoms with Crippen LogP contribution in [0.2, 0.25) is 0 Å². The Hall–Kier alpha value is -2.73. The molecule has 0 aliphatic heterocycles. The lowest BCUT2D eigenvalue weighted by Crippen LogP contribution is -2.29. The Morgan fingerprint density at radius 3 is 2.67 bits per heavy atom. The van der Waals surface area contributed by atoms with Crippen molar-refractivity contribution in [1.82, 2.24) is 0 Å². The summed E-state index contributed by atoms with van der Waals surface area (Å²) in [5, 5.41) is 4.52. The zero-order chi connectivity index (χ0) is 17.5. The standard InChI is InChI=1S/C18H17NO4S/c1-12(20)14-5-3-6-15(11-14)19-18(22)13(2)23-17(21)9-8-16-7-4-10-24-16/h3-11,13H,1-2H3,(H,19,22)/b9-8+/t13-/m0/s1. The topological polar surface area (TPSA) is 72.5 Å². The van der Waals surface area contributed by atoms with Gasteiger partial charge in [0.1, 0.15) is 0 Å². The van der Waals surface area contributed by atoms with Crippen LogP contribution in [0.1, 0.15) is 29.1 Å². The van der Waals surface area contributed by atoms with Crippen molar-refractivity contribution in [2.75, 3.05) is 5.32 Å². The summed E-state index contributed by atoms with van der Waals surface area (Å²) < 4.78 is 5.06. The van der Waals surface area contributed by atoms with Gasteiger partial charge in [-0.2, -0.15) is 0 Å². The highest BCUT2D eigenvalue weighted by Gasteiger charge is 2.17. The van der Waals surface area contributed by atoms with E-state index in [-0.39, 0.29) is 5.78 Å². The highest BCUT2D eigenvalue weighted by molar-refractivity contribution is 7.10. The number of Topliss-reactive ketones (excluding diaryl/α,β-unsaturated/α-hetero) is 1. The first-order valence-electron chi connectivity index (χ1n) is 7.30. The number of hydrogen-bond acceptors (Lipinski definition) is 5. The summed E-state index contributed by atoms with van der Waals surface area (Å²) in [4.78, 5) is 36.1. The van der Waals surface area contributed by atoms with E-state index in [9.17, 15) is 14.4 Å². The van der Waals surface area contributed by atoms with Crippen molar-refractivity contribution >= 4 is 40.8 Å². The molecule has 1 heterocycles. The van der Waals surface area contributed by atoms with Crippen molar-refractivity contribution in [3.8, 4) is 0 Å². The van der Waals surface area contributed by atoms with Crippen molar-refractivity contribution in [2.24, 2.45) is 0 Å². The molecule has 124 valence electrons. The second-order valence-electron chi connectivity index (χ2n) is 5.05. The maximum absolute atomic E-state index is 12.1.